The van der Waals surface area contributed by atoms with E-state index in [1.165, 1.54) is 0 Å². The average Bonchev–Trinajstić information content (AvgIpc) is 3.33. The van der Waals surface area contributed by atoms with Gasteiger partial charge in [-0.3, -0.25) is 0 Å². The van der Waals surface area contributed by atoms with Crippen molar-refractivity contribution in [3.63, 3.8) is 0 Å². The van der Waals surface area contributed by atoms with E-state index in [1.54, 1.807) is 0 Å². The minimum absolute atomic E-state index is 0.684. The maximum absolute atomic E-state index is 6.72. The molecule has 0 spiro atoms. The molecule has 0 aliphatic carbocycles. The SMILES string of the molecule is C(#Cc1c2ccccc2c(C#Cc2ccccc2)c2ccccc12)c1ccccc1.Clc1cccc2c(C#Cc3ccccc3)c3ccccc3c(C#Cc3ccccc3)c12. The van der Waals surface area contributed by atoms with Crippen LogP contribution in [0.5, 0.6) is 0 Å². The molecule has 0 N–H and O–H groups in total. The van der Waals surface area contributed by atoms with Gasteiger partial charge in [0.05, 0.1) is 0 Å². The van der Waals surface area contributed by atoms with Gasteiger partial charge in [0.2, 0.25) is 0 Å². The lowest BCUT2D eigenvalue weighted by atomic mass is 9.91. The zero-order valence-corrected chi connectivity index (χ0v) is 33.8. The summed E-state index contributed by atoms with van der Waals surface area (Å²) in [6.45, 7) is 0. The van der Waals surface area contributed by atoms with Crippen molar-refractivity contribution < 1.29 is 0 Å². The zero-order valence-electron chi connectivity index (χ0n) is 33.1. The lowest BCUT2D eigenvalue weighted by Crippen LogP contribution is -1.91. The highest BCUT2D eigenvalue weighted by atomic mass is 35.5. The van der Waals surface area contributed by atoms with Crippen molar-refractivity contribution >= 4 is 54.7 Å². The molecule has 0 saturated heterocycles. The third-order valence-electron chi connectivity index (χ3n) is 10.4. The molecule has 0 heterocycles. The van der Waals surface area contributed by atoms with Crippen LogP contribution in [0.4, 0.5) is 0 Å². The Morgan fingerprint density at radius 1 is 0.213 bits per heavy atom. The Bertz CT molecular complexity index is 3290. The number of hydrogen-bond acceptors (Lipinski definition) is 0. The topological polar surface area (TPSA) is 0 Å². The first-order valence-corrected chi connectivity index (χ1v) is 20.4. The van der Waals surface area contributed by atoms with Crippen LogP contribution in [-0.4, -0.2) is 0 Å². The van der Waals surface area contributed by atoms with Crippen LogP contribution in [-0.2, 0) is 0 Å². The highest BCUT2D eigenvalue weighted by Gasteiger charge is 2.14. The van der Waals surface area contributed by atoms with E-state index in [4.69, 9.17) is 11.6 Å². The molecular weight excluding hydrogens is 756 g/mol. The van der Waals surface area contributed by atoms with E-state index in [2.05, 4.69) is 114 Å². The molecule has 10 aromatic carbocycles. The van der Waals surface area contributed by atoms with Gasteiger partial charge in [-0.05, 0) is 86.9 Å². The van der Waals surface area contributed by atoms with Crippen LogP contribution < -0.4 is 0 Å². The molecule has 282 valence electrons. The van der Waals surface area contributed by atoms with Gasteiger partial charge in [-0.2, -0.15) is 0 Å². The van der Waals surface area contributed by atoms with Crippen LogP contribution in [0.3, 0.4) is 0 Å². The summed E-state index contributed by atoms with van der Waals surface area (Å²) >= 11 is 6.72. The third kappa shape index (κ3) is 8.51. The Kier molecular flexibility index (Phi) is 11.4. The second kappa shape index (κ2) is 18.1. The first kappa shape index (κ1) is 38.3. The van der Waals surface area contributed by atoms with Crippen LogP contribution in [0.2, 0.25) is 5.02 Å². The maximum atomic E-state index is 6.72. The van der Waals surface area contributed by atoms with E-state index in [1.807, 2.05) is 146 Å². The van der Waals surface area contributed by atoms with Gasteiger partial charge in [-0.1, -0.05) is 217 Å². The Morgan fingerprint density at radius 3 is 0.787 bits per heavy atom. The number of benzene rings is 10. The molecule has 0 saturated carbocycles. The van der Waals surface area contributed by atoms with Gasteiger partial charge < -0.3 is 0 Å². The van der Waals surface area contributed by atoms with E-state index in [0.29, 0.717) is 5.02 Å². The van der Waals surface area contributed by atoms with Crippen LogP contribution >= 0.6 is 11.6 Å². The van der Waals surface area contributed by atoms with E-state index in [0.717, 1.165) is 87.6 Å². The Hall–Kier alpha value is -8.23. The summed E-state index contributed by atoms with van der Waals surface area (Å²) in [5.74, 6) is 27.0. The van der Waals surface area contributed by atoms with Gasteiger partial charge in [0.1, 0.15) is 0 Å². The van der Waals surface area contributed by atoms with Gasteiger partial charge in [0.25, 0.3) is 0 Å². The summed E-state index contributed by atoms with van der Waals surface area (Å²) in [4.78, 5) is 0. The van der Waals surface area contributed by atoms with Crippen LogP contribution in [0, 0.1) is 47.4 Å². The molecule has 10 aromatic rings. The first-order valence-electron chi connectivity index (χ1n) is 20.1. The molecule has 0 aromatic heterocycles. The Morgan fingerprint density at radius 2 is 0.459 bits per heavy atom. The largest absolute Gasteiger partial charge is 0.0836 e. The van der Waals surface area contributed by atoms with Gasteiger partial charge in [0, 0.05) is 60.3 Å². The van der Waals surface area contributed by atoms with Gasteiger partial charge >= 0.3 is 0 Å². The molecule has 10 rings (SSSR count). The summed E-state index contributed by atoms with van der Waals surface area (Å²) < 4.78 is 0. The van der Waals surface area contributed by atoms with E-state index in [-0.39, 0.29) is 0 Å². The van der Waals surface area contributed by atoms with Gasteiger partial charge in [0.15, 0.2) is 0 Å². The molecule has 1 heteroatoms. The number of hydrogen-bond donors (Lipinski definition) is 0. The summed E-state index contributed by atoms with van der Waals surface area (Å²) in [7, 11) is 0. The second-order valence-corrected chi connectivity index (χ2v) is 14.7. The van der Waals surface area contributed by atoms with E-state index < -0.39 is 0 Å². The molecule has 0 amide bonds. The summed E-state index contributed by atoms with van der Waals surface area (Å²) in [5.41, 5.74) is 7.99. The highest BCUT2D eigenvalue weighted by Crippen LogP contribution is 2.36. The maximum Gasteiger partial charge on any atom is 0.0497 e. The predicted molar refractivity (Wildman–Crippen MR) is 258 cm³/mol. The third-order valence-corrected chi connectivity index (χ3v) is 10.7. The van der Waals surface area contributed by atoms with E-state index in [9.17, 15) is 0 Å². The smallest absolute Gasteiger partial charge is 0.0497 e. The quantitative estimate of drug-likeness (QED) is 0.106. The fraction of sp³-hybridized carbons (Fsp3) is 0. The monoisotopic (exact) mass is 790 g/mol. The van der Waals surface area contributed by atoms with Crippen molar-refractivity contribution in [2.75, 3.05) is 0 Å². The minimum atomic E-state index is 0.684. The molecule has 0 aliphatic rings. The van der Waals surface area contributed by atoms with Crippen molar-refractivity contribution in [1.82, 2.24) is 0 Å². The zero-order chi connectivity index (χ0) is 41.2. The standard InChI is InChI=1S/C30H17Cl.C30H18/c31-29-17-9-16-27-26(20-18-22-10-3-1-4-11-22)24-14-7-8-15-25(24)28(30(27)29)21-19-23-12-5-2-6-13-23;1-3-11-23(12-4-1)19-21-29-25-15-7-9-17-27(25)30(28-18-10-8-16-26(28)29)22-20-24-13-5-2-6-14-24/h1-17H;1-18H. The molecule has 0 bridgehead atoms. The first-order chi connectivity index (χ1) is 30.2. The average molecular weight is 791 g/mol. The van der Waals surface area contributed by atoms with Gasteiger partial charge in [-0.25, -0.2) is 0 Å². The second-order valence-electron chi connectivity index (χ2n) is 14.3. The van der Waals surface area contributed by atoms with Crippen molar-refractivity contribution in [2.45, 2.75) is 0 Å². The van der Waals surface area contributed by atoms with Crippen LogP contribution in [0.1, 0.15) is 44.5 Å². The lowest BCUT2D eigenvalue weighted by molar-refractivity contribution is 1.64. The fourth-order valence-corrected chi connectivity index (χ4v) is 7.74. The minimum Gasteiger partial charge on any atom is -0.0836 e. The number of fused-ring (bicyclic) bond motifs is 4. The molecule has 0 atom stereocenters. The van der Waals surface area contributed by atoms with Crippen molar-refractivity contribution in [2.24, 2.45) is 0 Å². The lowest BCUT2D eigenvalue weighted by Gasteiger charge is -2.12. The Labute approximate surface area is 362 Å². The molecule has 0 fully saturated rings. The highest BCUT2D eigenvalue weighted by molar-refractivity contribution is 6.37. The predicted octanol–water partition coefficient (Wildman–Crippen LogP) is 14.2. The molecule has 0 nitrogen and oxygen atoms in total. The number of halogens is 1. The van der Waals surface area contributed by atoms with E-state index >= 15 is 0 Å². The summed E-state index contributed by atoms with van der Waals surface area (Å²) in [6, 6.07) is 71.4. The molecule has 0 unspecified atom stereocenters. The summed E-state index contributed by atoms with van der Waals surface area (Å²) in [6.07, 6.45) is 0. The van der Waals surface area contributed by atoms with Gasteiger partial charge in [-0.15, -0.1) is 0 Å². The Balaban J connectivity index is 0.000000156. The normalized spacial score (nSPS) is 10.2. The molecule has 0 radical (unpaired) electrons. The summed E-state index contributed by atoms with van der Waals surface area (Å²) in [5, 5.41) is 9.34. The number of rotatable bonds is 0. The van der Waals surface area contributed by atoms with Crippen molar-refractivity contribution in [1.29, 1.82) is 0 Å². The molecular formula is C60H35Cl. The molecule has 61 heavy (non-hydrogen) atoms. The van der Waals surface area contributed by atoms with Crippen molar-refractivity contribution in [3.05, 3.63) is 262 Å². The fourth-order valence-electron chi connectivity index (χ4n) is 7.47. The molecule has 0 aliphatic heterocycles. The van der Waals surface area contributed by atoms with Crippen molar-refractivity contribution in [3.8, 4) is 47.4 Å². The van der Waals surface area contributed by atoms with Crippen LogP contribution in [0.15, 0.2) is 212 Å². The van der Waals surface area contributed by atoms with Crippen LogP contribution in [0.25, 0.3) is 43.1 Å².